The number of carbonyl (C=O) groups is 1. The van der Waals surface area contributed by atoms with E-state index in [0.29, 0.717) is 15.6 Å². The number of nitrogens with one attached hydrogen (secondary N) is 1. The fraction of sp³-hybridized carbons (Fsp3) is 0.167. The van der Waals surface area contributed by atoms with Crippen LogP contribution in [0.2, 0.25) is 15.1 Å². The van der Waals surface area contributed by atoms with Crippen molar-refractivity contribution in [2.75, 3.05) is 0 Å². The van der Waals surface area contributed by atoms with E-state index in [-0.39, 0.29) is 34.5 Å². The molecule has 0 bridgehead atoms. The molecule has 0 fully saturated rings. The molecule has 2 aromatic carbocycles. The molecule has 0 aliphatic carbocycles. The number of halogens is 3. The van der Waals surface area contributed by atoms with Crippen molar-refractivity contribution in [1.29, 1.82) is 0 Å². The minimum atomic E-state index is -0.381. The van der Waals surface area contributed by atoms with Crippen molar-refractivity contribution in [3.63, 3.8) is 0 Å². The average molecular weight is 411 g/mol. The van der Waals surface area contributed by atoms with E-state index >= 15 is 0 Å². The number of nitrogens with zero attached hydrogens (tertiary/aromatic N) is 2. The largest absolute Gasteiger partial charge is 0.348 e. The Morgan fingerprint density at radius 3 is 2.54 bits per heavy atom. The first kappa shape index (κ1) is 18.7. The molecule has 1 N–H and O–H groups in total. The van der Waals surface area contributed by atoms with Gasteiger partial charge in [0, 0.05) is 10.0 Å². The summed E-state index contributed by atoms with van der Waals surface area (Å²) < 4.78 is 1.22. The number of rotatable bonds is 4. The van der Waals surface area contributed by atoms with Crippen LogP contribution in [0.15, 0.2) is 47.5 Å². The third kappa shape index (κ3) is 4.01. The standard InChI is InChI=1S/C18H14Cl3N3O2/c1-10(11-2-4-12(19)5-3-11)23-16(25)8-24-9-22-17-14(18(24)26)6-13(20)7-15(17)21/h2-7,9-10H,8H2,1H3,(H,23,25)/t10-/m1/s1. The molecule has 0 spiro atoms. The zero-order valence-corrected chi connectivity index (χ0v) is 15.9. The van der Waals surface area contributed by atoms with Gasteiger partial charge in [-0.25, -0.2) is 4.98 Å². The van der Waals surface area contributed by atoms with Crippen LogP contribution in [0.1, 0.15) is 18.5 Å². The molecule has 3 aromatic rings. The Kier molecular flexibility index (Phi) is 5.51. The fourth-order valence-electron chi connectivity index (χ4n) is 2.58. The van der Waals surface area contributed by atoms with Gasteiger partial charge in [-0.2, -0.15) is 0 Å². The lowest BCUT2D eigenvalue weighted by Gasteiger charge is -2.15. The first-order valence-electron chi connectivity index (χ1n) is 7.74. The van der Waals surface area contributed by atoms with Gasteiger partial charge in [0.25, 0.3) is 5.56 Å². The first-order valence-corrected chi connectivity index (χ1v) is 8.87. The highest BCUT2D eigenvalue weighted by Crippen LogP contribution is 2.24. The maximum absolute atomic E-state index is 12.6. The van der Waals surface area contributed by atoms with E-state index in [0.717, 1.165) is 5.56 Å². The van der Waals surface area contributed by atoms with Crippen LogP contribution in [0.4, 0.5) is 0 Å². The highest BCUT2D eigenvalue weighted by molar-refractivity contribution is 6.38. The van der Waals surface area contributed by atoms with Crippen LogP contribution in [0.5, 0.6) is 0 Å². The van der Waals surface area contributed by atoms with E-state index in [1.165, 1.54) is 23.0 Å². The molecule has 8 heteroatoms. The van der Waals surface area contributed by atoms with E-state index in [2.05, 4.69) is 10.3 Å². The number of aromatic nitrogens is 2. The van der Waals surface area contributed by atoms with Gasteiger partial charge in [0.15, 0.2) is 0 Å². The van der Waals surface area contributed by atoms with Gasteiger partial charge in [-0.05, 0) is 36.8 Å². The van der Waals surface area contributed by atoms with E-state index in [1.807, 2.05) is 19.1 Å². The normalized spacial score (nSPS) is 12.2. The van der Waals surface area contributed by atoms with E-state index in [9.17, 15) is 9.59 Å². The van der Waals surface area contributed by atoms with Crippen LogP contribution in [-0.2, 0) is 11.3 Å². The molecular weight excluding hydrogens is 397 g/mol. The highest BCUT2D eigenvalue weighted by Gasteiger charge is 2.13. The van der Waals surface area contributed by atoms with E-state index in [4.69, 9.17) is 34.8 Å². The number of hydrogen-bond acceptors (Lipinski definition) is 3. The molecule has 3 rings (SSSR count). The van der Waals surface area contributed by atoms with Gasteiger partial charge in [0.05, 0.1) is 28.3 Å². The van der Waals surface area contributed by atoms with Crippen molar-refractivity contribution in [2.24, 2.45) is 0 Å². The van der Waals surface area contributed by atoms with Gasteiger partial charge in [0.2, 0.25) is 5.91 Å². The maximum atomic E-state index is 12.6. The van der Waals surface area contributed by atoms with E-state index < -0.39 is 0 Å². The Hall–Kier alpha value is -2.08. The van der Waals surface area contributed by atoms with Gasteiger partial charge >= 0.3 is 0 Å². The van der Waals surface area contributed by atoms with Crippen LogP contribution in [0, 0.1) is 0 Å². The van der Waals surface area contributed by atoms with Crippen LogP contribution < -0.4 is 10.9 Å². The summed E-state index contributed by atoms with van der Waals surface area (Å²) in [5, 5.41) is 4.35. The minimum absolute atomic E-state index is 0.163. The molecular formula is C18H14Cl3N3O2. The Morgan fingerprint density at radius 1 is 1.15 bits per heavy atom. The third-order valence-corrected chi connectivity index (χ3v) is 4.67. The van der Waals surface area contributed by atoms with Crippen LogP contribution in [0.25, 0.3) is 10.9 Å². The van der Waals surface area contributed by atoms with Crippen molar-refractivity contribution >= 4 is 51.6 Å². The lowest BCUT2D eigenvalue weighted by Crippen LogP contribution is -2.34. The molecule has 0 saturated heterocycles. The second-order valence-electron chi connectivity index (χ2n) is 5.80. The number of benzene rings is 2. The molecule has 1 aromatic heterocycles. The zero-order valence-electron chi connectivity index (χ0n) is 13.7. The lowest BCUT2D eigenvalue weighted by atomic mass is 10.1. The molecule has 0 aliphatic heterocycles. The van der Waals surface area contributed by atoms with Crippen molar-refractivity contribution in [3.8, 4) is 0 Å². The first-order chi connectivity index (χ1) is 12.3. The smallest absolute Gasteiger partial charge is 0.261 e. The molecule has 0 aliphatic rings. The molecule has 5 nitrogen and oxygen atoms in total. The summed E-state index contributed by atoms with van der Waals surface area (Å²) in [6.45, 7) is 1.69. The van der Waals surface area contributed by atoms with Crippen molar-refractivity contribution in [3.05, 3.63) is 73.7 Å². The fourth-order valence-corrected chi connectivity index (χ4v) is 3.25. The number of carbonyl (C=O) groups excluding carboxylic acids is 1. The molecule has 0 unspecified atom stereocenters. The maximum Gasteiger partial charge on any atom is 0.261 e. The molecule has 1 atom stereocenters. The van der Waals surface area contributed by atoms with Gasteiger partial charge in [-0.1, -0.05) is 46.9 Å². The van der Waals surface area contributed by atoms with Gasteiger partial charge in [0.1, 0.15) is 6.54 Å². The van der Waals surface area contributed by atoms with E-state index in [1.54, 1.807) is 12.1 Å². The van der Waals surface area contributed by atoms with Crippen molar-refractivity contribution in [2.45, 2.75) is 19.5 Å². The highest BCUT2D eigenvalue weighted by atomic mass is 35.5. The third-order valence-electron chi connectivity index (χ3n) is 3.91. The van der Waals surface area contributed by atoms with Crippen LogP contribution in [0.3, 0.4) is 0 Å². The molecule has 1 heterocycles. The Balaban J connectivity index is 1.80. The Morgan fingerprint density at radius 2 is 1.85 bits per heavy atom. The summed E-state index contributed by atoms with van der Waals surface area (Å²) in [5.74, 6) is -0.316. The molecule has 0 saturated carbocycles. The number of hydrogen-bond donors (Lipinski definition) is 1. The summed E-state index contributed by atoms with van der Waals surface area (Å²) in [7, 11) is 0. The SMILES string of the molecule is C[C@@H](NC(=O)Cn1cnc2c(Cl)cc(Cl)cc2c1=O)c1ccc(Cl)cc1. The topological polar surface area (TPSA) is 64.0 Å². The summed E-state index contributed by atoms with van der Waals surface area (Å²) >= 11 is 17.9. The second-order valence-corrected chi connectivity index (χ2v) is 7.08. The molecule has 26 heavy (non-hydrogen) atoms. The minimum Gasteiger partial charge on any atom is -0.348 e. The quantitative estimate of drug-likeness (QED) is 0.700. The summed E-state index contributed by atoms with van der Waals surface area (Å²) in [6, 6.07) is 9.95. The van der Waals surface area contributed by atoms with Gasteiger partial charge in [-0.3, -0.25) is 14.2 Å². The number of amides is 1. The lowest BCUT2D eigenvalue weighted by molar-refractivity contribution is -0.122. The summed E-state index contributed by atoms with van der Waals surface area (Å²) in [6.07, 6.45) is 1.30. The summed E-state index contributed by atoms with van der Waals surface area (Å²) in [5.41, 5.74) is 0.881. The van der Waals surface area contributed by atoms with Crippen molar-refractivity contribution in [1.82, 2.24) is 14.9 Å². The molecule has 1 amide bonds. The van der Waals surface area contributed by atoms with Gasteiger partial charge < -0.3 is 5.32 Å². The molecule has 0 radical (unpaired) electrons. The predicted octanol–water partition coefficient (Wildman–Crippen LogP) is 4.23. The van der Waals surface area contributed by atoms with Crippen molar-refractivity contribution < 1.29 is 4.79 Å². The Labute approximate surface area is 164 Å². The van der Waals surface area contributed by atoms with Crippen LogP contribution >= 0.6 is 34.8 Å². The second kappa shape index (κ2) is 7.66. The summed E-state index contributed by atoms with van der Waals surface area (Å²) in [4.78, 5) is 29.0. The van der Waals surface area contributed by atoms with Gasteiger partial charge in [-0.15, -0.1) is 0 Å². The monoisotopic (exact) mass is 409 g/mol. The number of fused-ring (bicyclic) bond motifs is 1. The van der Waals surface area contributed by atoms with Crippen LogP contribution in [-0.4, -0.2) is 15.5 Å². The Bertz CT molecular complexity index is 1030. The molecule has 134 valence electrons. The zero-order chi connectivity index (χ0) is 18.8. The average Bonchev–Trinajstić information content (AvgIpc) is 2.58. The predicted molar refractivity (Wildman–Crippen MR) is 104 cm³/mol.